The standard InChI is InChI=1S/C13H19N3O2/c14-11-4-2-9(13(15)18)6-12(11)16-7-8-1-3-10(17)5-8/h2,4,6,8,10,16-17H,1,3,5,7,14H2,(H2,15,18). The van der Waals surface area contributed by atoms with Crippen molar-refractivity contribution in [2.45, 2.75) is 25.4 Å². The summed E-state index contributed by atoms with van der Waals surface area (Å²) in [5, 5.41) is 12.7. The van der Waals surface area contributed by atoms with E-state index in [-0.39, 0.29) is 6.10 Å². The van der Waals surface area contributed by atoms with Crippen molar-refractivity contribution in [3.8, 4) is 0 Å². The molecule has 1 aromatic rings. The average molecular weight is 249 g/mol. The Labute approximate surface area is 106 Å². The van der Waals surface area contributed by atoms with E-state index >= 15 is 0 Å². The Balaban J connectivity index is 2.00. The van der Waals surface area contributed by atoms with Crippen LogP contribution < -0.4 is 16.8 Å². The number of nitrogen functional groups attached to an aromatic ring is 1. The predicted molar refractivity (Wildman–Crippen MR) is 71.2 cm³/mol. The minimum Gasteiger partial charge on any atom is -0.397 e. The molecule has 0 heterocycles. The SMILES string of the molecule is NC(=O)c1ccc(N)c(NCC2CCC(O)C2)c1. The zero-order chi connectivity index (χ0) is 13.1. The quantitative estimate of drug-likeness (QED) is 0.596. The number of amides is 1. The van der Waals surface area contributed by atoms with Crippen LogP contribution in [0.1, 0.15) is 29.6 Å². The van der Waals surface area contributed by atoms with Crippen LogP contribution in [-0.4, -0.2) is 23.7 Å². The number of nitrogens with two attached hydrogens (primary N) is 2. The maximum absolute atomic E-state index is 11.1. The summed E-state index contributed by atoms with van der Waals surface area (Å²) in [5.41, 5.74) is 12.8. The molecular weight excluding hydrogens is 230 g/mol. The molecule has 0 spiro atoms. The summed E-state index contributed by atoms with van der Waals surface area (Å²) in [4.78, 5) is 11.1. The zero-order valence-corrected chi connectivity index (χ0v) is 10.2. The van der Waals surface area contributed by atoms with Gasteiger partial charge < -0.3 is 21.9 Å². The summed E-state index contributed by atoms with van der Waals surface area (Å²) in [5.74, 6) is -0.00836. The highest BCUT2D eigenvalue weighted by atomic mass is 16.3. The Morgan fingerprint density at radius 2 is 2.22 bits per heavy atom. The van der Waals surface area contributed by atoms with Crippen LogP contribution in [-0.2, 0) is 0 Å². The third-order valence-corrected chi connectivity index (χ3v) is 3.43. The highest BCUT2D eigenvalue weighted by molar-refractivity contribution is 5.94. The maximum atomic E-state index is 11.1. The molecule has 1 fully saturated rings. The maximum Gasteiger partial charge on any atom is 0.248 e. The van der Waals surface area contributed by atoms with Gasteiger partial charge in [0.15, 0.2) is 0 Å². The number of carbonyl (C=O) groups is 1. The van der Waals surface area contributed by atoms with E-state index in [2.05, 4.69) is 5.32 Å². The smallest absolute Gasteiger partial charge is 0.248 e. The molecule has 5 nitrogen and oxygen atoms in total. The first-order valence-corrected chi connectivity index (χ1v) is 6.17. The fraction of sp³-hybridized carbons (Fsp3) is 0.462. The Kier molecular flexibility index (Phi) is 3.72. The number of aliphatic hydroxyl groups is 1. The molecule has 0 radical (unpaired) electrons. The number of benzene rings is 1. The van der Waals surface area contributed by atoms with Gasteiger partial charge in [0, 0.05) is 12.1 Å². The molecule has 18 heavy (non-hydrogen) atoms. The van der Waals surface area contributed by atoms with E-state index in [0.29, 0.717) is 17.2 Å². The molecule has 0 bridgehead atoms. The van der Waals surface area contributed by atoms with Crippen molar-refractivity contribution in [3.05, 3.63) is 23.8 Å². The fourth-order valence-electron chi connectivity index (χ4n) is 2.35. The molecule has 1 aliphatic rings. The Bertz CT molecular complexity index is 448. The molecular formula is C13H19N3O2. The molecule has 5 heteroatoms. The highest BCUT2D eigenvalue weighted by Gasteiger charge is 2.22. The molecule has 2 rings (SSSR count). The minimum atomic E-state index is -0.464. The van der Waals surface area contributed by atoms with Gasteiger partial charge in [-0.15, -0.1) is 0 Å². The van der Waals surface area contributed by atoms with E-state index in [0.717, 1.165) is 31.5 Å². The predicted octanol–water partition coefficient (Wildman–Crippen LogP) is 0.941. The lowest BCUT2D eigenvalue weighted by atomic mass is 10.1. The van der Waals surface area contributed by atoms with Crippen LogP contribution in [0.5, 0.6) is 0 Å². The Morgan fingerprint density at radius 3 is 2.83 bits per heavy atom. The summed E-state index contributed by atoms with van der Waals surface area (Å²) in [6.45, 7) is 0.753. The van der Waals surface area contributed by atoms with E-state index in [1.165, 1.54) is 0 Å². The number of hydrogen-bond donors (Lipinski definition) is 4. The zero-order valence-electron chi connectivity index (χ0n) is 10.2. The first-order chi connectivity index (χ1) is 8.56. The second kappa shape index (κ2) is 5.27. The Hall–Kier alpha value is -1.75. The van der Waals surface area contributed by atoms with E-state index in [1.54, 1.807) is 18.2 Å². The number of nitrogens with one attached hydrogen (secondary N) is 1. The summed E-state index contributed by atoms with van der Waals surface area (Å²) in [6.07, 6.45) is 2.53. The fourth-order valence-corrected chi connectivity index (χ4v) is 2.35. The van der Waals surface area contributed by atoms with Gasteiger partial charge in [-0.1, -0.05) is 0 Å². The van der Waals surface area contributed by atoms with Gasteiger partial charge in [0.1, 0.15) is 0 Å². The normalized spacial score (nSPS) is 22.9. The van der Waals surface area contributed by atoms with Crippen LogP contribution in [0, 0.1) is 5.92 Å². The van der Waals surface area contributed by atoms with Crippen molar-refractivity contribution < 1.29 is 9.90 Å². The summed E-state index contributed by atoms with van der Waals surface area (Å²) in [6, 6.07) is 4.96. The van der Waals surface area contributed by atoms with Crippen LogP contribution in [0.2, 0.25) is 0 Å². The van der Waals surface area contributed by atoms with Crippen LogP contribution in [0.3, 0.4) is 0 Å². The average Bonchev–Trinajstić information content (AvgIpc) is 2.74. The molecule has 0 aromatic heterocycles. The van der Waals surface area contributed by atoms with Gasteiger partial charge in [-0.25, -0.2) is 0 Å². The molecule has 2 unspecified atom stereocenters. The van der Waals surface area contributed by atoms with Crippen LogP contribution in [0.4, 0.5) is 11.4 Å². The van der Waals surface area contributed by atoms with Gasteiger partial charge in [0.05, 0.1) is 17.5 Å². The van der Waals surface area contributed by atoms with Gasteiger partial charge in [0.25, 0.3) is 0 Å². The number of aliphatic hydroxyl groups excluding tert-OH is 1. The Morgan fingerprint density at radius 1 is 1.44 bits per heavy atom. The van der Waals surface area contributed by atoms with E-state index < -0.39 is 5.91 Å². The molecule has 6 N–H and O–H groups in total. The van der Waals surface area contributed by atoms with Crippen molar-refractivity contribution in [3.63, 3.8) is 0 Å². The van der Waals surface area contributed by atoms with Gasteiger partial charge in [-0.2, -0.15) is 0 Å². The molecule has 1 amide bonds. The number of carbonyl (C=O) groups excluding carboxylic acids is 1. The van der Waals surface area contributed by atoms with Gasteiger partial charge in [-0.05, 0) is 43.4 Å². The van der Waals surface area contributed by atoms with Crippen molar-refractivity contribution in [1.29, 1.82) is 0 Å². The monoisotopic (exact) mass is 249 g/mol. The second-order valence-corrected chi connectivity index (χ2v) is 4.88. The minimum absolute atomic E-state index is 0.175. The number of anilines is 2. The van der Waals surface area contributed by atoms with E-state index in [9.17, 15) is 9.90 Å². The van der Waals surface area contributed by atoms with Crippen molar-refractivity contribution in [2.24, 2.45) is 11.7 Å². The van der Waals surface area contributed by atoms with Crippen molar-refractivity contribution >= 4 is 17.3 Å². The largest absolute Gasteiger partial charge is 0.397 e. The molecule has 2 atom stereocenters. The second-order valence-electron chi connectivity index (χ2n) is 4.88. The van der Waals surface area contributed by atoms with Crippen LogP contribution in [0.15, 0.2) is 18.2 Å². The molecule has 1 aromatic carbocycles. The van der Waals surface area contributed by atoms with Crippen molar-refractivity contribution in [2.75, 3.05) is 17.6 Å². The van der Waals surface area contributed by atoms with Crippen LogP contribution in [0.25, 0.3) is 0 Å². The first kappa shape index (κ1) is 12.7. The molecule has 0 aliphatic heterocycles. The molecule has 1 saturated carbocycles. The lowest BCUT2D eigenvalue weighted by Gasteiger charge is -2.14. The summed E-state index contributed by atoms with van der Waals surface area (Å²) in [7, 11) is 0. The highest BCUT2D eigenvalue weighted by Crippen LogP contribution is 2.27. The van der Waals surface area contributed by atoms with E-state index in [4.69, 9.17) is 11.5 Å². The molecule has 98 valence electrons. The third-order valence-electron chi connectivity index (χ3n) is 3.43. The van der Waals surface area contributed by atoms with Gasteiger partial charge >= 0.3 is 0 Å². The van der Waals surface area contributed by atoms with E-state index in [1.807, 2.05) is 0 Å². The number of rotatable bonds is 4. The third kappa shape index (κ3) is 2.92. The topological polar surface area (TPSA) is 101 Å². The lowest BCUT2D eigenvalue weighted by molar-refractivity contribution is 0.100. The molecule has 0 saturated heterocycles. The number of hydrogen-bond acceptors (Lipinski definition) is 4. The summed E-state index contributed by atoms with van der Waals surface area (Å²) >= 11 is 0. The number of primary amides is 1. The lowest BCUT2D eigenvalue weighted by Crippen LogP contribution is -2.15. The first-order valence-electron chi connectivity index (χ1n) is 6.17. The van der Waals surface area contributed by atoms with Crippen LogP contribution >= 0.6 is 0 Å². The summed E-state index contributed by atoms with van der Waals surface area (Å²) < 4.78 is 0. The molecule has 1 aliphatic carbocycles. The van der Waals surface area contributed by atoms with Gasteiger partial charge in [-0.3, -0.25) is 4.79 Å². The van der Waals surface area contributed by atoms with Crippen molar-refractivity contribution in [1.82, 2.24) is 0 Å². The van der Waals surface area contributed by atoms with Gasteiger partial charge in [0.2, 0.25) is 5.91 Å².